The standard InChI is InChI=1S/C17H21BrN2/c1-2-3-11-20(15-7-5-4-6-8-15)13-14-9-10-17(19)16(18)12-14/h4-10,12H,2-3,11,13,19H2,1H3. The number of halogens is 1. The molecule has 106 valence electrons. The molecule has 3 heteroatoms. The lowest BCUT2D eigenvalue weighted by atomic mass is 10.1. The van der Waals surface area contributed by atoms with Gasteiger partial charge in [-0.1, -0.05) is 37.6 Å². The van der Waals surface area contributed by atoms with E-state index in [2.05, 4.69) is 70.2 Å². The number of unbranched alkanes of at least 4 members (excludes halogenated alkanes) is 1. The minimum absolute atomic E-state index is 0.786. The number of nitrogen functional groups attached to an aromatic ring is 1. The SMILES string of the molecule is CCCCN(Cc1ccc(N)c(Br)c1)c1ccccc1. The van der Waals surface area contributed by atoms with Crippen molar-refractivity contribution in [3.8, 4) is 0 Å². The van der Waals surface area contributed by atoms with Crippen molar-refractivity contribution in [2.45, 2.75) is 26.3 Å². The third kappa shape index (κ3) is 4.01. The van der Waals surface area contributed by atoms with Crippen LogP contribution >= 0.6 is 15.9 Å². The smallest absolute Gasteiger partial charge is 0.0458 e. The summed E-state index contributed by atoms with van der Waals surface area (Å²) in [7, 11) is 0. The van der Waals surface area contributed by atoms with Crippen molar-refractivity contribution >= 4 is 27.3 Å². The molecule has 0 bridgehead atoms. The summed E-state index contributed by atoms with van der Waals surface area (Å²) in [5, 5.41) is 0. The lowest BCUT2D eigenvalue weighted by Crippen LogP contribution is -2.23. The van der Waals surface area contributed by atoms with E-state index in [1.807, 2.05) is 6.07 Å². The summed E-state index contributed by atoms with van der Waals surface area (Å²) in [6.07, 6.45) is 2.40. The summed E-state index contributed by atoms with van der Waals surface area (Å²) in [4.78, 5) is 2.42. The summed E-state index contributed by atoms with van der Waals surface area (Å²) in [5.41, 5.74) is 9.18. The largest absolute Gasteiger partial charge is 0.398 e. The van der Waals surface area contributed by atoms with Crippen LogP contribution in [-0.4, -0.2) is 6.54 Å². The van der Waals surface area contributed by atoms with Crippen molar-refractivity contribution in [1.82, 2.24) is 0 Å². The van der Waals surface area contributed by atoms with Gasteiger partial charge in [-0.3, -0.25) is 0 Å². The van der Waals surface area contributed by atoms with Crippen LogP contribution in [0.3, 0.4) is 0 Å². The molecule has 0 aliphatic rings. The van der Waals surface area contributed by atoms with Gasteiger partial charge in [0, 0.05) is 28.9 Å². The first-order valence-corrected chi connectivity index (χ1v) is 7.84. The fourth-order valence-electron chi connectivity index (χ4n) is 2.18. The molecule has 0 fully saturated rings. The molecule has 0 aromatic heterocycles. The van der Waals surface area contributed by atoms with E-state index >= 15 is 0 Å². The summed E-state index contributed by atoms with van der Waals surface area (Å²) in [6, 6.07) is 16.7. The molecule has 2 rings (SSSR count). The average Bonchev–Trinajstić information content (AvgIpc) is 2.48. The topological polar surface area (TPSA) is 29.3 Å². The van der Waals surface area contributed by atoms with Crippen LogP contribution in [0.15, 0.2) is 53.0 Å². The fourth-order valence-corrected chi connectivity index (χ4v) is 2.60. The second-order valence-corrected chi connectivity index (χ2v) is 5.82. The summed E-state index contributed by atoms with van der Waals surface area (Å²) in [5.74, 6) is 0. The molecule has 0 aliphatic heterocycles. The van der Waals surface area contributed by atoms with Crippen LogP contribution in [0.25, 0.3) is 0 Å². The number of nitrogens with zero attached hydrogens (tertiary/aromatic N) is 1. The average molecular weight is 333 g/mol. The minimum Gasteiger partial charge on any atom is -0.398 e. The van der Waals surface area contributed by atoms with E-state index < -0.39 is 0 Å². The van der Waals surface area contributed by atoms with Crippen LogP contribution in [0.2, 0.25) is 0 Å². The molecule has 0 saturated carbocycles. The molecule has 0 spiro atoms. The Kier molecular flexibility index (Phi) is 5.48. The number of hydrogen-bond donors (Lipinski definition) is 1. The number of nitrogens with two attached hydrogens (primary N) is 1. The highest BCUT2D eigenvalue weighted by Gasteiger charge is 2.07. The third-order valence-electron chi connectivity index (χ3n) is 3.34. The highest BCUT2D eigenvalue weighted by Crippen LogP contribution is 2.23. The first-order valence-electron chi connectivity index (χ1n) is 7.04. The van der Waals surface area contributed by atoms with Crippen LogP contribution in [0, 0.1) is 0 Å². The summed E-state index contributed by atoms with van der Waals surface area (Å²) < 4.78 is 0.971. The quantitative estimate of drug-likeness (QED) is 0.767. The number of rotatable bonds is 6. The molecule has 0 saturated heterocycles. The predicted molar refractivity (Wildman–Crippen MR) is 91.0 cm³/mol. The Morgan fingerprint density at radius 2 is 1.85 bits per heavy atom. The monoisotopic (exact) mass is 332 g/mol. The van der Waals surface area contributed by atoms with Crippen LogP contribution < -0.4 is 10.6 Å². The van der Waals surface area contributed by atoms with E-state index in [1.165, 1.54) is 24.1 Å². The van der Waals surface area contributed by atoms with Gasteiger partial charge in [-0.05, 0) is 52.2 Å². The van der Waals surface area contributed by atoms with Crippen LogP contribution in [0.5, 0.6) is 0 Å². The Hall–Kier alpha value is -1.48. The zero-order valence-electron chi connectivity index (χ0n) is 11.8. The fraction of sp³-hybridized carbons (Fsp3) is 0.294. The Bertz CT molecular complexity index is 540. The maximum Gasteiger partial charge on any atom is 0.0458 e. The first-order chi connectivity index (χ1) is 9.70. The molecule has 0 heterocycles. The van der Waals surface area contributed by atoms with Crippen molar-refractivity contribution in [2.24, 2.45) is 0 Å². The van der Waals surface area contributed by atoms with Gasteiger partial charge in [-0.2, -0.15) is 0 Å². The maximum atomic E-state index is 5.85. The molecule has 0 unspecified atom stereocenters. The molecular formula is C17H21BrN2. The summed E-state index contributed by atoms with van der Waals surface area (Å²) >= 11 is 3.50. The Balaban J connectivity index is 2.17. The van der Waals surface area contributed by atoms with Gasteiger partial charge in [0.25, 0.3) is 0 Å². The zero-order valence-corrected chi connectivity index (χ0v) is 13.4. The molecule has 2 N–H and O–H groups in total. The summed E-state index contributed by atoms with van der Waals surface area (Å²) in [6.45, 7) is 4.20. The highest BCUT2D eigenvalue weighted by molar-refractivity contribution is 9.10. The molecule has 0 atom stereocenters. The minimum atomic E-state index is 0.786. The van der Waals surface area contributed by atoms with Crippen LogP contribution in [-0.2, 0) is 6.54 Å². The van der Waals surface area contributed by atoms with Crippen molar-refractivity contribution in [1.29, 1.82) is 0 Å². The van der Waals surface area contributed by atoms with Crippen LogP contribution in [0.1, 0.15) is 25.3 Å². The van der Waals surface area contributed by atoms with Gasteiger partial charge in [-0.15, -0.1) is 0 Å². The second-order valence-electron chi connectivity index (χ2n) is 4.97. The number of hydrogen-bond acceptors (Lipinski definition) is 2. The molecule has 2 aromatic carbocycles. The molecular weight excluding hydrogens is 312 g/mol. The van der Waals surface area contributed by atoms with E-state index in [-0.39, 0.29) is 0 Å². The number of benzene rings is 2. The van der Waals surface area contributed by atoms with Gasteiger partial charge in [-0.25, -0.2) is 0 Å². The molecule has 2 nitrogen and oxygen atoms in total. The maximum absolute atomic E-state index is 5.85. The van der Waals surface area contributed by atoms with E-state index in [0.717, 1.165) is 23.2 Å². The Morgan fingerprint density at radius 3 is 2.50 bits per heavy atom. The van der Waals surface area contributed by atoms with Crippen molar-refractivity contribution in [3.05, 3.63) is 58.6 Å². The Labute approximate surface area is 129 Å². The first kappa shape index (κ1) is 14.9. The third-order valence-corrected chi connectivity index (χ3v) is 4.03. The van der Waals surface area contributed by atoms with Gasteiger partial charge in [0.2, 0.25) is 0 Å². The Morgan fingerprint density at radius 1 is 1.10 bits per heavy atom. The van der Waals surface area contributed by atoms with Gasteiger partial charge < -0.3 is 10.6 Å². The van der Waals surface area contributed by atoms with E-state index in [0.29, 0.717) is 0 Å². The molecule has 20 heavy (non-hydrogen) atoms. The second kappa shape index (κ2) is 7.34. The van der Waals surface area contributed by atoms with Gasteiger partial charge in [0.1, 0.15) is 0 Å². The van der Waals surface area contributed by atoms with Gasteiger partial charge in [0.15, 0.2) is 0 Å². The highest BCUT2D eigenvalue weighted by atomic mass is 79.9. The normalized spacial score (nSPS) is 10.5. The molecule has 0 amide bonds. The molecule has 2 aromatic rings. The van der Waals surface area contributed by atoms with E-state index in [1.54, 1.807) is 0 Å². The van der Waals surface area contributed by atoms with E-state index in [4.69, 9.17) is 5.73 Å². The van der Waals surface area contributed by atoms with Crippen LogP contribution in [0.4, 0.5) is 11.4 Å². The van der Waals surface area contributed by atoms with Crippen molar-refractivity contribution < 1.29 is 0 Å². The molecule has 0 aliphatic carbocycles. The van der Waals surface area contributed by atoms with Gasteiger partial charge in [0.05, 0.1) is 0 Å². The lowest BCUT2D eigenvalue weighted by molar-refractivity contribution is 0.716. The zero-order chi connectivity index (χ0) is 14.4. The van der Waals surface area contributed by atoms with E-state index in [9.17, 15) is 0 Å². The predicted octanol–water partition coefficient (Wildman–Crippen LogP) is 4.84. The number of anilines is 2. The molecule has 0 radical (unpaired) electrons. The lowest BCUT2D eigenvalue weighted by Gasteiger charge is -2.25. The van der Waals surface area contributed by atoms with Crippen molar-refractivity contribution in [2.75, 3.05) is 17.2 Å². The van der Waals surface area contributed by atoms with Crippen molar-refractivity contribution in [3.63, 3.8) is 0 Å². The van der Waals surface area contributed by atoms with Gasteiger partial charge >= 0.3 is 0 Å². The number of para-hydroxylation sites is 1.